The second-order valence-corrected chi connectivity index (χ2v) is 7.82. The third kappa shape index (κ3) is 5.50. The van der Waals surface area contributed by atoms with E-state index in [0.717, 1.165) is 11.0 Å². The monoisotopic (exact) mass is 560 g/mol. The normalized spacial score (nSPS) is 15.7. The van der Waals surface area contributed by atoms with Crippen LogP contribution in [0.2, 0.25) is 0 Å². The summed E-state index contributed by atoms with van der Waals surface area (Å²) in [5, 5.41) is 6.68. The zero-order valence-corrected chi connectivity index (χ0v) is 19.8. The van der Waals surface area contributed by atoms with Crippen molar-refractivity contribution in [2.45, 2.75) is 37.6 Å². The molecular weight excluding hydrogens is 535 g/mol. The van der Waals surface area contributed by atoms with Crippen molar-refractivity contribution in [1.82, 2.24) is 10.6 Å². The van der Waals surface area contributed by atoms with Gasteiger partial charge in [-0.15, -0.1) is 24.0 Å². The van der Waals surface area contributed by atoms with Crippen LogP contribution in [0.4, 0.5) is 0 Å². The maximum absolute atomic E-state index is 11.1. The highest BCUT2D eigenvalue weighted by Gasteiger charge is 2.35. The number of rotatable bonds is 6. The highest BCUT2D eigenvalue weighted by Crippen LogP contribution is 2.40. The van der Waals surface area contributed by atoms with Crippen molar-refractivity contribution in [1.29, 1.82) is 0 Å². The van der Waals surface area contributed by atoms with Crippen molar-refractivity contribution in [3.05, 3.63) is 58.0 Å². The number of halogens is 2. The van der Waals surface area contributed by atoms with Crippen LogP contribution in [-0.4, -0.2) is 25.5 Å². The van der Waals surface area contributed by atoms with Gasteiger partial charge in [0.15, 0.2) is 11.7 Å². The SMILES string of the molecule is CN=C(NCc1ccc(C(N)=O)o1)NCC1(c2ccc(Br)cc2)CCCC1.I. The van der Waals surface area contributed by atoms with E-state index in [1.54, 1.807) is 19.2 Å². The lowest BCUT2D eigenvalue weighted by atomic mass is 9.79. The number of amides is 1. The Bertz CT molecular complexity index is 814. The van der Waals surface area contributed by atoms with Crippen molar-refractivity contribution >= 4 is 51.8 Å². The molecule has 152 valence electrons. The smallest absolute Gasteiger partial charge is 0.284 e. The van der Waals surface area contributed by atoms with Crippen LogP contribution in [0, 0.1) is 0 Å². The van der Waals surface area contributed by atoms with Crippen LogP contribution in [0.25, 0.3) is 0 Å². The van der Waals surface area contributed by atoms with Crippen molar-refractivity contribution in [2.75, 3.05) is 13.6 Å². The van der Waals surface area contributed by atoms with E-state index >= 15 is 0 Å². The molecule has 1 saturated carbocycles. The third-order valence-corrected chi connectivity index (χ3v) is 5.70. The van der Waals surface area contributed by atoms with Crippen LogP contribution in [0.1, 0.15) is 47.6 Å². The molecule has 1 heterocycles. The number of nitrogens with zero attached hydrogens (tertiary/aromatic N) is 1. The Morgan fingerprint density at radius 3 is 2.43 bits per heavy atom. The van der Waals surface area contributed by atoms with Gasteiger partial charge in [0.2, 0.25) is 0 Å². The predicted molar refractivity (Wildman–Crippen MR) is 125 cm³/mol. The molecule has 28 heavy (non-hydrogen) atoms. The molecule has 1 aromatic carbocycles. The zero-order valence-electron chi connectivity index (χ0n) is 15.8. The molecule has 8 heteroatoms. The first-order chi connectivity index (χ1) is 13.0. The van der Waals surface area contributed by atoms with E-state index in [1.165, 1.54) is 31.2 Å². The fourth-order valence-electron chi connectivity index (χ4n) is 3.67. The first-order valence-electron chi connectivity index (χ1n) is 9.11. The molecule has 1 aromatic heterocycles. The molecule has 1 fully saturated rings. The lowest BCUT2D eigenvalue weighted by Gasteiger charge is -2.31. The van der Waals surface area contributed by atoms with Crippen LogP contribution in [0.3, 0.4) is 0 Å². The van der Waals surface area contributed by atoms with Crippen LogP contribution in [0.15, 0.2) is 50.3 Å². The first kappa shape index (κ1) is 22.7. The Hall–Kier alpha value is -1.55. The predicted octanol–water partition coefficient (Wildman–Crippen LogP) is 3.94. The number of guanidine groups is 1. The summed E-state index contributed by atoms with van der Waals surface area (Å²) in [6, 6.07) is 12.0. The average molecular weight is 561 g/mol. The molecule has 2 aromatic rings. The molecule has 0 unspecified atom stereocenters. The summed E-state index contributed by atoms with van der Waals surface area (Å²) in [5.74, 6) is 0.932. The standard InChI is InChI=1S/C20H25BrN4O2.HI/c1-23-19(24-12-16-8-9-17(27-16)18(22)26)25-13-20(10-2-3-11-20)14-4-6-15(21)7-5-14;/h4-9H,2-3,10-13H2,1H3,(H2,22,26)(H2,23,24,25);1H. The number of aliphatic imine (C=N–C) groups is 1. The molecule has 1 aliphatic carbocycles. The van der Waals surface area contributed by atoms with E-state index in [9.17, 15) is 4.79 Å². The summed E-state index contributed by atoms with van der Waals surface area (Å²) in [7, 11) is 1.74. The molecule has 0 bridgehead atoms. The van der Waals surface area contributed by atoms with Gasteiger partial charge < -0.3 is 20.8 Å². The summed E-state index contributed by atoms with van der Waals surface area (Å²) in [6.07, 6.45) is 4.82. The fourth-order valence-corrected chi connectivity index (χ4v) is 3.94. The summed E-state index contributed by atoms with van der Waals surface area (Å²) < 4.78 is 6.49. The summed E-state index contributed by atoms with van der Waals surface area (Å²) in [6.45, 7) is 1.25. The van der Waals surface area contributed by atoms with Gasteiger partial charge in [0, 0.05) is 23.5 Å². The van der Waals surface area contributed by atoms with Gasteiger partial charge in [-0.05, 0) is 42.7 Å². The molecular formula is C20H26BrIN4O2. The van der Waals surface area contributed by atoms with E-state index in [-0.39, 0.29) is 35.2 Å². The topological polar surface area (TPSA) is 92.6 Å². The summed E-state index contributed by atoms with van der Waals surface area (Å²) >= 11 is 3.52. The van der Waals surface area contributed by atoms with Gasteiger partial charge in [0.1, 0.15) is 5.76 Å². The highest BCUT2D eigenvalue weighted by atomic mass is 127. The molecule has 1 aliphatic rings. The van der Waals surface area contributed by atoms with Gasteiger partial charge in [-0.1, -0.05) is 40.9 Å². The number of carbonyl (C=O) groups excluding carboxylic acids is 1. The molecule has 0 radical (unpaired) electrons. The van der Waals surface area contributed by atoms with Gasteiger partial charge in [0.25, 0.3) is 5.91 Å². The lowest BCUT2D eigenvalue weighted by molar-refractivity contribution is 0.0972. The number of benzene rings is 1. The Morgan fingerprint density at radius 2 is 1.86 bits per heavy atom. The summed E-state index contributed by atoms with van der Waals surface area (Å²) in [5.41, 5.74) is 6.71. The van der Waals surface area contributed by atoms with E-state index in [1.807, 2.05) is 0 Å². The zero-order chi connectivity index (χ0) is 19.3. The van der Waals surface area contributed by atoms with Gasteiger partial charge in [-0.2, -0.15) is 0 Å². The van der Waals surface area contributed by atoms with E-state index < -0.39 is 5.91 Å². The van der Waals surface area contributed by atoms with Gasteiger partial charge in [-0.3, -0.25) is 9.79 Å². The first-order valence-corrected chi connectivity index (χ1v) is 9.91. The quantitative estimate of drug-likeness (QED) is 0.283. The van der Waals surface area contributed by atoms with Crippen LogP contribution >= 0.6 is 39.9 Å². The molecule has 4 N–H and O–H groups in total. The average Bonchev–Trinajstić information content (AvgIpc) is 3.33. The molecule has 0 aliphatic heterocycles. The molecule has 6 nitrogen and oxygen atoms in total. The number of nitrogens with one attached hydrogen (secondary N) is 2. The Kier molecular flexibility index (Phi) is 8.36. The maximum Gasteiger partial charge on any atom is 0.284 e. The Balaban J connectivity index is 0.00000280. The van der Waals surface area contributed by atoms with Crippen molar-refractivity contribution < 1.29 is 9.21 Å². The molecule has 0 spiro atoms. The van der Waals surface area contributed by atoms with E-state index in [2.05, 4.69) is 55.8 Å². The molecule has 1 amide bonds. The minimum Gasteiger partial charge on any atom is -0.454 e. The van der Waals surface area contributed by atoms with Gasteiger partial charge in [-0.25, -0.2) is 0 Å². The second-order valence-electron chi connectivity index (χ2n) is 6.90. The summed E-state index contributed by atoms with van der Waals surface area (Å²) in [4.78, 5) is 15.4. The third-order valence-electron chi connectivity index (χ3n) is 5.17. The Labute approximate surface area is 190 Å². The minimum absolute atomic E-state index is 0. The molecule has 3 rings (SSSR count). The number of primary amides is 1. The van der Waals surface area contributed by atoms with Crippen LogP contribution in [-0.2, 0) is 12.0 Å². The van der Waals surface area contributed by atoms with E-state index in [4.69, 9.17) is 10.2 Å². The van der Waals surface area contributed by atoms with E-state index in [0.29, 0.717) is 18.3 Å². The number of furan rings is 1. The molecule has 0 atom stereocenters. The molecule has 0 saturated heterocycles. The van der Waals surface area contributed by atoms with Crippen LogP contribution in [0.5, 0.6) is 0 Å². The maximum atomic E-state index is 11.1. The highest BCUT2D eigenvalue weighted by molar-refractivity contribution is 14.0. The van der Waals surface area contributed by atoms with Gasteiger partial charge in [0.05, 0.1) is 6.54 Å². The largest absolute Gasteiger partial charge is 0.454 e. The van der Waals surface area contributed by atoms with Crippen molar-refractivity contribution in [2.24, 2.45) is 10.7 Å². The fraction of sp³-hybridized carbons (Fsp3) is 0.400. The number of hydrogen-bond donors (Lipinski definition) is 3. The van der Waals surface area contributed by atoms with Gasteiger partial charge >= 0.3 is 0 Å². The number of hydrogen-bond acceptors (Lipinski definition) is 3. The lowest BCUT2D eigenvalue weighted by Crippen LogP contribution is -2.44. The Morgan fingerprint density at radius 1 is 1.18 bits per heavy atom. The second kappa shape index (κ2) is 10.3. The van der Waals surface area contributed by atoms with Crippen molar-refractivity contribution in [3.63, 3.8) is 0 Å². The van der Waals surface area contributed by atoms with Crippen LogP contribution < -0.4 is 16.4 Å². The van der Waals surface area contributed by atoms with Crippen molar-refractivity contribution in [3.8, 4) is 0 Å². The minimum atomic E-state index is -0.568. The number of carbonyl (C=O) groups is 1. The number of nitrogens with two attached hydrogens (primary N) is 1.